The third-order valence-electron chi connectivity index (χ3n) is 3.09. The fourth-order valence-electron chi connectivity index (χ4n) is 1.80. The molecule has 0 aromatic carbocycles. The number of hydrogen-bond acceptors (Lipinski definition) is 3. The minimum Gasteiger partial charge on any atom is -0.504 e. The lowest BCUT2D eigenvalue weighted by molar-refractivity contribution is -0.0667. The second kappa shape index (κ2) is 4.80. The third-order valence-corrected chi connectivity index (χ3v) is 3.09. The molecule has 1 unspecified atom stereocenters. The summed E-state index contributed by atoms with van der Waals surface area (Å²) in [5.74, 6) is 0.582. The van der Waals surface area contributed by atoms with Crippen LogP contribution in [0.25, 0.3) is 0 Å². The molecule has 0 bridgehead atoms. The first-order chi connectivity index (χ1) is 6.62. The molecule has 0 N–H and O–H groups in total. The molecule has 0 spiro atoms. The van der Waals surface area contributed by atoms with Crippen molar-refractivity contribution in [1.29, 1.82) is 0 Å². The van der Waals surface area contributed by atoms with Crippen LogP contribution in [0.15, 0.2) is 11.8 Å². The van der Waals surface area contributed by atoms with Crippen LogP contribution in [-0.4, -0.2) is 27.6 Å². The van der Waals surface area contributed by atoms with Gasteiger partial charge >= 0.3 is 0 Å². The Morgan fingerprint density at radius 2 is 2.14 bits per heavy atom. The van der Waals surface area contributed by atoms with E-state index < -0.39 is 0 Å². The number of rotatable bonds is 5. The highest BCUT2D eigenvalue weighted by molar-refractivity contribution is 5.22. The van der Waals surface area contributed by atoms with E-state index in [1.165, 1.54) is 5.57 Å². The molecule has 3 heteroatoms. The van der Waals surface area contributed by atoms with Crippen molar-refractivity contribution < 1.29 is 14.2 Å². The van der Waals surface area contributed by atoms with Gasteiger partial charge in [0.05, 0.1) is 20.0 Å². The largest absolute Gasteiger partial charge is 0.504 e. The van der Waals surface area contributed by atoms with Crippen molar-refractivity contribution >= 4 is 0 Å². The van der Waals surface area contributed by atoms with Crippen LogP contribution in [0.2, 0.25) is 0 Å². The van der Waals surface area contributed by atoms with E-state index >= 15 is 0 Å². The smallest absolute Gasteiger partial charge is 0.146 e. The Morgan fingerprint density at radius 3 is 2.64 bits per heavy atom. The molecule has 1 rings (SSSR count). The molecule has 0 amide bonds. The molecule has 0 aromatic heterocycles. The van der Waals surface area contributed by atoms with Crippen LogP contribution in [0.4, 0.5) is 0 Å². The highest BCUT2D eigenvalue weighted by Gasteiger charge is 2.43. The molecular formula is C11H20O3. The molecule has 1 atom stereocenters. The Kier molecular flexibility index (Phi) is 3.96. The van der Waals surface area contributed by atoms with Crippen LogP contribution in [0, 0.1) is 11.3 Å². The van der Waals surface area contributed by atoms with Crippen LogP contribution in [0.5, 0.6) is 0 Å². The molecular weight excluding hydrogens is 180 g/mol. The van der Waals surface area contributed by atoms with Crippen molar-refractivity contribution in [2.24, 2.45) is 11.3 Å². The van der Waals surface area contributed by atoms with Gasteiger partial charge in [0.15, 0.2) is 0 Å². The number of ether oxygens (including phenoxy) is 3. The lowest BCUT2D eigenvalue weighted by Gasteiger charge is -2.46. The zero-order valence-corrected chi connectivity index (χ0v) is 9.50. The molecule has 1 fully saturated rings. The van der Waals surface area contributed by atoms with Gasteiger partial charge in [-0.1, -0.05) is 13.8 Å². The summed E-state index contributed by atoms with van der Waals surface area (Å²) in [6.45, 7) is 5.60. The maximum absolute atomic E-state index is 5.36. The monoisotopic (exact) mass is 200 g/mol. The summed E-state index contributed by atoms with van der Waals surface area (Å²) in [5.41, 5.74) is 1.58. The molecule has 3 nitrogen and oxygen atoms in total. The summed E-state index contributed by atoms with van der Waals surface area (Å²) in [6, 6.07) is 0. The molecule has 1 aliphatic carbocycles. The number of allylic oxidation sites excluding steroid dienone is 1. The van der Waals surface area contributed by atoms with E-state index in [0.717, 1.165) is 13.0 Å². The summed E-state index contributed by atoms with van der Waals surface area (Å²) >= 11 is 0. The van der Waals surface area contributed by atoms with E-state index in [0.29, 0.717) is 12.7 Å². The average molecular weight is 200 g/mol. The van der Waals surface area contributed by atoms with Crippen LogP contribution in [0.1, 0.15) is 20.3 Å². The fraction of sp³-hybridized carbons (Fsp3) is 0.818. The van der Waals surface area contributed by atoms with E-state index in [1.807, 2.05) is 6.26 Å². The van der Waals surface area contributed by atoms with Crippen LogP contribution >= 0.6 is 0 Å². The molecule has 0 radical (unpaired) electrons. The standard InChI is InChI=1S/C11H20O3/c1-11(2)9(6-12-3)5-10(11)7-14-8-13-4/h6,10H,5,7-8H2,1-4H3. The van der Waals surface area contributed by atoms with Crippen molar-refractivity contribution in [2.45, 2.75) is 20.3 Å². The SMILES string of the molecule is COC=C1CC(COCOC)C1(C)C. The summed E-state index contributed by atoms with van der Waals surface area (Å²) in [7, 11) is 3.33. The Hall–Kier alpha value is -0.540. The van der Waals surface area contributed by atoms with Crippen LogP contribution in [-0.2, 0) is 14.2 Å². The molecule has 82 valence electrons. The number of methoxy groups -OCH3 is 2. The average Bonchev–Trinajstić information content (AvgIpc) is 2.15. The van der Waals surface area contributed by atoms with Gasteiger partial charge in [0, 0.05) is 7.11 Å². The van der Waals surface area contributed by atoms with Crippen molar-refractivity contribution in [3.8, 4) is 0 Å². The van der Waals surface area contributed by atoms with Gasteiger partial charge in [0.1, 0.15) is 6.79 Å². The maximum Gasteiger partial charge on any atom is 0.146 e. The van der Waals surface area contributed by atoms with Crippen molar-refractivity contribution in [3.05, 3.63) is 11.8 Å². The first-order valence-corrected chi connectivity index (χ1v) is 4.92. The molecule has 0 aliphatic heterocycles. The first-order valence-electron chi connectivity index (χ1n) is 4.92. The molecule has 1 aliphatic rings. The molecule has 14 heavy (non-hydrogen) atoms. The Balaban J connectivity index is 2.35. The molecule has 0 saturated heterocycles. The van der Waals surface area contributed by atoms with E-state index in [2.05, 4.69) is 13.8 Å². The second-order valence-electron chi connectivity index (χ2n) is 4.28. The van der Waals surface area contributed by atoms with Crippen molar-refractivity contribution in [3.63, 3.8) is 0 Å². The molecule has 0 heterocycles. The van der Waals surface area contributed by atoms with E-state index in [1.54, 1.807) is 14.2 Å². The zero-order valence-electron chi connectivity index (χ0n) is 9.50. The highest BCUT2D eigenvalue weighted by Crippen LogP contribution is 2.50. The van der Waals surface area contributed by atoms with Crippen LogP contribution in [0.3, 0.4) is 0 Å². The summed E-state index contributed by atoms with van der Waals surface area (Å²) in [6.07, 6.45) is 2.93. The van der Waals surface area contributed by atoms with Gasteiger partial charge in [-0.3, -0.25) is 0 Å². The lowest BCUT2D eigenvalue weighted by Crippen LogP contribution is -2.40. The Morgan fingerprint density at radius 1 is 1.43 bits per heavy atom. The molecule has 1 saturated carbocycles. The summed E-state index contributed by atoms with van der Waals surface area (Å²) < 4.78 is 15.2. The Bertz CT molecular complexity index is 209. The van der Waals surface area contributed by atoms with Crippen LogP contribution < -0.4 is 0 Å². The van der Waals surface area contributed by atoms with Gasteiger partial charge in [-0.25, -0.2) is 0 Å². The fourth-order valence-corrected chi connectivity index (χ4v) is 1.80. The normalized spacial score (nSPS) is 27.4. The Labute approximate surface area is 86.0 Å². The van der Waals surface area contributed by atoms with E-state index in [9.17, 15) is 0 Å². The number of hydrogen-bond donors (Lipinski definition) is 0. The minimum atomic E-state index is 0.212. The first kappa shape index (κ1) is 11.5. The van der Waals surface area contributed by atoms with E-state index in [4.69, 9.17) is 14.2 Å². The van der Waals surface area contributed by atoms with Gasteiger partial charge in [-0.2, -0.15) is 0 Å². The predicted molar refractivity (Wildman–Crippen MR) is 54.8 cm³/mol. The molecule has 0 aromatic rings. The van der Waals surface area contributed by atoms with Gasteiger partial charge < -0.3 is 14.2 Å². The predicted octanol–water partition coefficient (Wildman–Crippen LogP) is 2.18. The zero-order chi connectivity index (χ0) is 10.6. The summed E-state index contributed by atoms with van der Waals surface area (Å²) in [5, 5.41) is 0. The lowest BCUT2D eigenvalue weighted by atomic mass is 9.59. The van der Waals surface area contributed by atoms with Gasteiger partial charge in [-0.05, 0) is 23.3 Å². The van der Waals surface area contributed by atoms with Gasteiger partial charge in [0.2, 0.25) is 0 Å². The second-order valence-corrected chi connectivity index (χ2v) is 4.28. The highest BCUT2D eigenvalue weighted by atomic mass is 16.7. The van der Waals surface area contributed by atoms with Gasteiger partial charge in [-0.15, -0.1) is 0 Å². The third kappa shape index (κ3) is 2.28. The summed E-state index contributed by atoms with van der Waals surface area (Å²) in [4.78, 5) is 0. The van der Waals surface area contributed by atoms with Gasteiger partial charge in [0.25, 0.3) is 0 Å². The van der Waals surface area contributed by atoms with Crippen molar-refractivity contribution in [1.82, 2.24) is 0 Å². The maximum atomic E-state index is 5.36. The minimum absolute atomic E-state index is 0.212. The van der Waals surface area contributed by atoms with E-state index in [-0.39, 0.29) is 5.41 Å². The van der Waals surface area contributed by atoms with Crippen molar-refractivity contribution in [2.75, 3.05) is 27.6 Å². The topological polar surface area (TPSA) is 27.7 Å². The quantitative estimate of drug-likeness (QED) is 0.387.